The van der Waals surface area contributed by atoms with Crippen LogP contribution in [0.2, 0.25) is 0 Å². The fourth-order valence-corrected chi connectivity index (χ4v) is 2.49. The SMILES string of the molecule is CCc1ccc(CC)c(CNC(=O)COc2cccc(OC)c2)c1. The molecule has 1 amide bonds. The number of carbonyl (C=O) groups excluding carboxylic acids is 1. The van der Waals surface area contributed by atoms with Crippen LogP contribution in [0, 0.1) is 0 Å². The van der Waals surface area contributed by atoms with Gasteiger partial charge in [-0.25, -0.2) is 0 Å². The van der Waals surface area contributed by atoms with E-state index >= 15 is 0 Å². The maximum atomic E-state index is 12.0. The summed E-state index contributed by atoms with van der Waals surface area (Å²) in [6, 6.07) is 13.7. The lowest BCUT2D eigenvalue weighted by molar-refractivity contribution is -0.123. The fraction of sp³-hybridized carbons (Fsp3) is 0.350. The Morgan fingerprint density at radius 2 is 1.79 bits per heavy atom. The number of benzene rings is 2. The molecule has 0 saturated carbocycles. The third-order valence-corrected chi connectivity index (χ3v) is 3.95. The summed E-state index contributed by atoms with van der Waals surface area (Å²) >= 11 is 0. The van der Waals surface area contributed by atoms with Crippen LogP contribution in [-0.2, 0) is 24.2 Å². The minimum absolute atomic E-state index is 0.0118. The van der Waals surface area contributed by atoms with Crippen LogP contribution < -0.4 is 14.8 Å². The summed E-state index contributed by atoms with van der Waals surface area (Å²) in [5.74, 6) is 1.19. The standard InChI is InChI=1S/C20H25NO3/c1-4-15-9-10-16(5-2)17(11-15)13-21-20(22)14-24-19-8-6-7-18(12-19)23-3/h6-12H,4-5,13-14H2,1-3H3,(H,21,22). The zero-order valence-corrected chi connectivity index (χ0v) is 14.6. The quantitative estimate of drug-likeness (QED) is 0.807. The highest BCUT2D eigenvalue weighted by Gasteiger charge is 2.07. The summed E-state index contributed by atoms with van der Waals surface area (Å²) in [6.07, 6.45) is 1.94. The first kappa shape index (κ1) is 17.9. The van der Waals surface area contributed by atoms with E-state index in [9.17, 15) is 4.79 Å². The number of hydrogen-bond acceptors (Lipinski definition) is 3. The van der Waals surface area contributed by atoms with Crippen molar-refractivity contribution in [3.05, 3.63) is 59.2 Å². The molecule has 0 heterocycles. The first-order chi connectivity index (χ1) is 11.7. The highest BCUT2D eigenvalue weighted by Crippen LogP contribution is 2.18. The van der Waals surface area contributed by atoms with E-state index in [2.05, 4.69) is 37.4 Å². The lowest BCUT2D eigenvalue weighted by Crippen LogP contribution is -2.28. The van der Waals surface area contributed by atoms with Crippen LogP contribution in [0.5, 0.6) is 11.5 Å². The lowest BCUT2D eigenvalue weighted by atomic mass is 10.0. The van der Waals surface area contributed by atoms with Crippen molar-refractivity contribution >= 4 is 5.91 Å². The number of carbonyl (C=O) groups is 1. The van der Waals surface area contributed by atoms with Gasteiger partial charge in [0.05, 0.1) is 7.11 Å². The average Bonchev–Trinajstić information content (AvgIpc) is 2.64. The summed E-state index contributed by atoms with van der Waals surface area (Å²) in [5.41, 5.74) is 3.72. The molecule has 4 nitrogen and oxygen atoms in total. The third-order valence-electron chi connectivity index (χ3n) is 3.95. The Bertz CT molecular complexity index is 682. The van der Waals surface area contributed by atoms with Crippen LogP contribution in [0.4, 0.5) is 0 Å². The van der Waals surface area contributed by atoms with Crippen molar-refractivity contribution < 1.29 is 14.3 Å². The van der Waals surface area contributed by atoms with Gasteiger partial charge < -0.3 is 14.8 Å². The largest absolute Gasteiger partial charge is 0.497 e. The lowest BCUT2D eigenvalue weighted by Gasteiger charge is -2.12. The van der Waals surface area contributed by atoms with Gasteiger partial charge in [-0.1, -0.05) is 38.1 Å². The van der Waals surface area contributed by atoms with Gasteiger partial charge in [-0.05, 0) is 41.7 Å². The molecule has 128 valence electrons. The highest BCUT2D eigenvalue weighted by molar-refractivity contribution is 5.77. The van der Waals surface area contributed by atoms with E-state index in [0.29, 0.717) is 18.0 Å². The predicted molar refractivity (Wildman–Crippen MR) is 95.5 cm³/mol. The highest BCUT2D eigenvalue weighted by atomic mass is 16.5. The fourth-order valence-electron chi connectivity index (χ4n) is 2.49. The van der Waals surface area contributed by atoms with Crippen molar-refractivity contribution in [3.8, 4) is 11.5 Å². The minimum Gasteiger partial charge on any atom is -0.497 e. The number of ether oxygens (including phenoxy) is 2. The normalized spacial score (nSPS) is 10.3. The van der Waals surface area contributed by atoms with Gasteiger partial charge in [0, 0.05) is 12.6 Å². The van der Waals surface area contributed by atoms with Gasteiger partial charge in [-0.2, -0.15) is 0 Å². The topological polar surface area (TPSA) is 47.6 Å². The Balaban J connectivity index is 1.89. The molecule has 0 atom stereocenters. The molecule has 0 spiro atoms. The third kappa shape index (κ3) is 5.01. The maximum Gasteiger partial charge on any atom is 0.258 e. The van der Waals surface area contributed by atoms with Crippen LogP contribution in [0.1, 0.15) is 30.5 Å². The van der Waals surface area contributed by atoms with Gasteiger partial charge in [-0.15, -0.1) is 0 Å². The van der Waals surface area contributed by atoms with Gasteiger partial charge in [0.25, 0.3) is 5.91 Å². The molecule has 24 heavy (non-hydrogen) atoms. The Hall–Kier alpha value is -2.49. The molecular weight excluding hydrogens is 302 g/mol. The Kier molecular flexibility index (Phi) is 6.67. The molecule has 0 saturated heterocycles. The van der Waals surface area contributed by atoms with Gasteiger partial charge in [0.2, 0.25) is 0 Å². The molecule has 0 fully saturated rings. The minimum atomic E-state index is -0.137. The molecule has 0 unspecified atom stereocenters. The molecule has 4 heteroatoms. The predicted octanol–water partition coefficient (Wildman–Crippen LogP) is 3.52. The van der Waals surface area contributed by atoms with E-state index in [1.54, 1.807) is 19.2 Å². The van der Waals surface area contributed by atoms with Crippen molar-refractivity contribution in [1.29, 1.82) is 0 Å². The molecule has 1 N–H and O–H groups in total. The second-order valence-corrected chi connectivity index (χ2v) is 5.55. The molecule has 0 aliphatic rings. The van der Waals surface area contributed by atoms with E-state index in [-0.39, 0.29) is 12.5 Å². The van der Waals surface area contributed by atoms with E-state index in [1.165, 1.54) is 16.7 Å². The molecule has 2 aromatic carbocycles. The van der Waals surface area contributed by atoms with Crippen LogP contribution in [0.15, 0.2) is 42.5 Å². The molecule has 0 radical (unpaired) electrons. The number of amides is 1. The molecule has 0 aliphatic heterocycles. The summed E-state index contributed by atoms with van der Waals surface area (Å²) in [4.78, 5) is 12.0. The first-order valence-corrected chi connectivity index (χ1v) is 8.30. The van der Waals surface area contributed by atoms with E-state index in [4.69, 9.17) is 9.47 Å². The average molecular weight is 327 g/mol. The Labute approximate surface area is 143 Å². The van der Waals surface area contributed by atoms with E-state index in [0.717, 1.165) is 12.8 Å². The Morgan fingerprint density at radius 1 is 1.00 bits per heavy atom. The van der Waals surface area contributed by atoms with Crippen molar-refractivity contribution in [2.75, 3.05) is 13.7 Å². The number of nitrogens with one attached hydrogen (secondary N) is 1. The molecule has 2 rings (SSSR count). The molecule has 0 aliphatic carbocycles. The first-order valence-electron chi connectivity index (χ1n) is 8.30. The van der Waals surface area contributed by atoms with Crippen molar-refractivity contribution in [3.63, 3.8) is 0 Å². The van der Waals surface area contributed by atoms with Crippen LogP contribution >= 0.6 is 0 Å². The van der Waals surface area contributed by atoms with E-state index in [1.807, 2.05) is 12.1 Å². The smallest absolute Gasteiger partial charge is 0.258 e. The number of rotatable bonds is 8. The molecule has 2 aromatic rings. The van der Waals surface area contributed by atoms with Crippen LogP contribution in [0.3, 0.4) is 0 Å². The summed E-state index contributed by atoms with van der Waals surface area (Å²) in [6.45, 7) is 4.77. The molecular formula is C20H25NO3. The zero-order chi connectivity index (χ0) is 17.4. The summed E-state index contributed by atoms with van der Waals surface area (Å²) in [7, 11) is 1.60. The van der Waals surface area contributed by atoms with Crippen molar-refractivity contribution in [2.24, 2.45) is 0 Å². The summed E-state index contributed by atoms with van der Waals surface area (Å²) in [5, 5.41) is 2.93. The number of methoxy groups -OCH3 is 1. The van der Waals surface area contributed by atoms with Crippen molar-refractivity contribution in [2.45, 2.75) is 33.2 Å². The second-order valence-electron chi connectivity index (χ2n) is 5.55. The number of hydrogen-bond donors (Lipinski definition) is 1. The van der Waals surface area contributed by atoms with Gasteiger partial charge in [-0.3, -0.25) is 4.79 Å². The van der Waals surface area contributed by atoms with Gasteiger partial charge >= 0.3 is 0 Å². The summed E-state index contributed by atoms with van der Waals surface area (Å²) < 4.78 is 10.6. The van der Waals surface area contributed by atoms with Crippen LogP contribution in [0.25, 0.3) is 0 Å². The number of aryl methyl sites for hydroxylation is 2. The second kappa shape index (κ2) is 8.96. The van der Waals surface area contributed by atoms with Crippen LogP contribution in [-0.4, -0.2) is 19.6 Å². The van der Waals surface area contributed by atoms with E-state index < -0.39 is 0 Å². The molecule has 0 aromatic heterocycles. The van der Waals surface area contributed by atoms with Gasteiger partial charge in [0.15, 0.2) is 6.61 Å². The Morgan fingerprint density at radius 3 is 2.50 bits per heavy atom. The van der Waals surface area contributed by atoms with Crippen molar-refractivity contribution in [1.82, 2.24) is 5.32 Å². The molecule has 0 bridgehead atoms. The zero-order valence-electron chi connectivity index (χ0n) is 14.6. The maximum absolute atomic E-state index is 12.0. The van der Waals surface area contributed by atoms with Gasteiger partial charge in [0.1, 0.15) is 11.5 Å². The monoisotopic (exact) mass is 327 g/mol.